The van der Waals surface area contributed by atoms with E-state index in [-0.39, 0.29) is 6.61 Å². The maximum Gasteiger partial charge on any atom is 0.242 e. The highest BCUT2D eigenvalue weighted by Gasteiger charge is 2.19. The third-order valence-electron chi connectivity index (χ3n) is 2.67. The molecular weight excluding hydrogens is 238 g/mol. The Balaban J connectivity index is 2.88. The molecule has 1 N–H and O–H groups in total. The van der Waals surface area contributed by atoms with Gasteiger partial charge >= 0.3 is 0 Å². The first-order valence-electron chi connectivity index (χ1n) is 5.68. The van der Waals surface area contributed by atoms with E-state index >= 15 is 0 Å². The lowest BCUT2D eigenvalue weighted by molar-refractivity contribution is 0.275. The molecule has 0 aliphatic carbocycles. The van der Waals surface area contributed by atoms with Crippen molar-refractivity contribution in [1.29, 1.82) is 0 Å². The Morgan fingerprint density at radius 1 is 1.24 bits per heavy atom. The number of sulfonamides is 1. The largest absolute Gasteiger partial charge is 0.396 e. The van der Waals surface area contributed by atoms with Gasteiger partial charge in [-0.05, 0) is 30.5 Å². The van der Waals surface area contributed by atoms with Gasteiger partial charge in [-0.1, -0.05) is 19.1 Å². The second-order valence-corrected chi connectivity index (χ2v) is 5.95. The quantitative estimate of drug-likeness (QED) is 0.834. The first kappa shape index (κ1) is 14.2. The van der Waals surface area contributed by atoms with E-state index in [4.69, 9.17) is 5.11 Å². The first-order valence-corrected chi connectivity index (χ1v) is 7.12. The molecule has 0 aliphatic heterocycles. The third kappa shape index (κ3) is 3.52. The maximum atomic E-state index is 12.1. The van der Waals surface area contributed by atoms with E-state index in [1.807, 2.05) is 19.1 Å². The van der Waals surface area contributed by atoms with Gasteiger partial charge in [0.15, 0.2) is 0 Å². The minimum atomic E-state index is -3.41. The lowest BCUT2D eigenvalue weighted by Crippen LogP contribution is -2.28. The van der Waals surface area contributed by atoms with E-state index in [0.717, 1.165) is 12.0 Å². The van der Waals surface area contributed by atoms with Crippen molar-refractivity contribution < 1.29 is 13.5 Å². The SMILES string of the molecule is CCc1ccc(S(=O)(=O)N(C)CCCO)cc1. The molecule has 0 saturated carbocycles. The van der Waals surface area contributed by atoms with Crippen LogP contribution in [0.3, 0.4) is 0 Å². The Morgan fingerprint density at radius 2 is 1.82 bits per heavy atom. The van der Waals surface area contributed by atoms with Gasteiger partial charge in [0, 0.05) is 20.2 Å². The van der Waals surface area contributed by atoms with E-state index in [2.05, 4.69) is 0 Å². The van der Waals surface area contributed by atoms with Crippen molar-refractivity contribution in [2.75, 3.05) is 20.2 Å². The predicted octanol–water partition coefficient (Wildman–Crippen LogP) is 1.25. The molecule has 0 amide bonds. The Bertz CT molecular complexity index is 439. The van der Waals surface area contributed by atoms with Crippen LogP contribution < -0.4 is 0 Å². The number of nitrogens with zero attached hydrogens (tertiary/aromatic N) is 1. The van der Waals surface area contributed by atoms with Crippen molar-refractivity contribution in [3.63, 3.8) is 0 Å². The summed E-state index contributed by atoms with van der Waals surface area (Å²) in [5.41, 5.74) is 1.11. The molecule has 4 nitrogen and oxygen atoms in total. The molecule has 0 unspecified atom stereocenters. The highest BCUT2D eigenvalue weighted by Crippen LogP contribution is 2.15. The van der Waals surface area contributed by atoms with Gasteiger partial charge in [-0.3, -0.25) is 0 Å². The molecule has 0 radical (unpaired) electrons. The van der Waals surface area contributed by atoms with Crippen LogP contribution in [0.2, 0.25) is 0 Å². The lowest BCUT2D eigenvalue weighted by atomic mass is 10.2. The summed E-state index contributed by atoms with van der Waals surface area (Å²) in [5.74, 6) is 0. The molecular formula is C12H19NO3S. The summed E-state index contributed by atoms with van der Waals surface area (Å²) in [7, 11) is -1.89. The third-order valence-corrected chi connectivity index (χ3v) is 4.54. The topological polar surface area (TPSA) is 57.6 Å². The standard InChI is InChI=1S/C12H19NO3S/c1-3-11-5-7-12(8-6-11)17(15,16)13(2)9-4-10-14/h5-8,14H,3-4,9-10H2,1-2H3. The number of hydrogen-bond acceptors (Lipinski definition) is 3. The van der Waals surface area contributed by atoms with Crippen LogP contribution in [0.25, 0.3) is 0 Å². The molecule has 1 aromatic rings. The monoisotopic (exact) mass is 257 g/mol. The van der Waals surface area contributed by atoms with Crippen molar-refractivity contribution >= 4 is 10.0 Å². The Morgan fingerprint density at radius 3 is 2.29 bits per heavy atom. The molecule has 0 aliphatic rings. The van der Waals surface area contributed by atoms with Gasteiger partial charge in [0.1, 0.15) is 0 Å². The average Bonchev–Trinajstić information content (AvgIpc) is 2.35. The van der Waals surface area contributed by atoms with E-state index in [9.17, 15) is 8.42 Å². The zero-order valence-corrected chi connectivity index (χ0v) is 11.1. The summed E-state index contributed by atoms with van der Waals surface area (Å²) < 4.78 is 25.4. The number of hydrogen-bond donors (Lipinski definition) is 1. The van der Waals surface area contributed by atoms with Gasteiger partial charge in [0.25, 0.3) is 0 Å². The summed E-state index contributed by atoms with van der Waals surface area (Å²) in [5, 5.41) is 8.70. The van der Waals surface area contributed by atoms with E-state index in [0.29, 0.717) is 17.9 Å². The van der Waals surface area contributed by atoms with Gasteiger partial charge in [-0.25, -0.2) is 12.7 Å². The Kier molecular flexibility index (Phi) is 5.11. The molecule has 0 saturated heterocycles. The fourth-order valence-corrected chi connectivity index (χ4v) is 2.70. The second-order valence-electron chi connectivity index (χ2n) is 3.90. The van der Waals surface area contributed by atoms with Crippen LogP contribution in [0, 0.1) is 0 Å². The van der Waals surface area contributed by atoms with Gasteiger partial charge in [-0.15, -0.1) is 0 Å². The van der Waals surface area contributed by atoms with E-state index < -0.39 is 10.0 Å². The van der Waals surface area contributed by atoms with Crippen LogP contribution in [0.1, 0.15) is 18.9 Å². The highest BCUT2D eigenvalue weighted by molar-refractivity contribution is 7.89. The van der Waals surface area contributed by atoms with Crippen molar-refractivity contribution in [3.05, 3.63) is 29.8 Å². The summed E-state index contributed by atoms with van der Waals surface area (Å²) in [6, 6.07) is 6.91. The summed E-state index contributed by atoms with van der Waals surface area (Å²) >= 11 is 0. The van der Waals surface area contributed by atoms with Crippen molar-refractivity contribution in [2.45, 2.75) is 24.7 Å². The van der Waals surface area contributed by atoms with Crippen LogP contribution in [0.15, 0.2) is 29.2 Å². The van der Waals surface area contributed by atoms with Crippen LogP contribution in [0.4, 0.5) is 0 Å². The summed E-state index contributed by atoms with van der Waals surface area (Å²) in [6.07, 6.45) is 1.34. The minimum Gasteiger partial charge on any atom is -0.396 e. The first-order chi connectivity index (χ1) is 8.02. The highest BCUT2D eigenvalue weighted by atomic mass is 32.2. The Hall–Kier alpha value is -0.910. The molecule has 5 heteroatoms. The number of aliphatic hydroxyl groups is 1. The van der Waals surface area contributed by atoms with E-state index in [1.165, 1.54) is 11.4 Å². The van der Waals surface area contributed by atoms with Gasteiger partial charge in [-0.2, -0.15) is 0 Å². The zero-order chi connectivity index (χ0) is 12.9. The number of rotatable bonds is 6. The summed E-state index contributed by atoms with van der Waals surface area (Å²) in [6.45, 7) is 2.35. The molecule has 0 fully saturated rings. The minimum absolute atomic E-state index is 0.00532. The molecule has 1 aromatic carbocycles. The number of aliphatic hydroxyl groups excluding tert-OH is 1. The number of benzene rings is 1. The predicted molar refractivity (Wildman–Crippen MR) is 67.3 cm³/mol. The molecule has 1 rings (SSSR count). The molecule has 0 atom stereocenters. The number of aryl methyl sites for hydroxylation is 1. The van der Waals surface area contributed by atoms with Crippen LogP contribution in [-0.4, -0.2) is 38.0 Å². The second kappa shape index (κ2) is 6.14. The average molecular weight is 257 g/mol. The van der Waals surface area contributed by atoms with Gasteiger partial charge in [0.2, 0.25) is 10.0 Å². The van der Waals surface area contributed by atoms with E-state index in [1.54, 1.807) is 12.1 Å². The van der Waals surface area contributed by atoms with Crippen LogP contribution in [0.5, 0.6) is 0 Å². The molecule has 0 aromatic heterocycles. The van der Waals surface area contributed by atoms with Crippen molar-refractivity contribution in [3.8, 4) is 0 Å². The van der Waals surface area contributed by atoms with Crippen molar-refractivity contribution in [2.24, 2.45) is 0 Å². The van der Waals surface area contributed by atoms with Crippen molar-refractivity contribution in [1.82, 2.24) is 4.31 Å². The smallest absolute Gasteiger partial charge is 0.242 e. The van der Waals surface area contributed by atoms with Crippen LogP contribution in [-0.2, 0) is 16.4 Å². The lowest BCUT2D eigenvalue weighted by Gasteiger charge is -2.16. The fourth-order valence-electron chi connectivity index (χ4n) is 1.49. The van der Waals surface area contributed by atoms with Gasteiger partial charge in [0.05, 0.1) is 4.90 Å². The molecule has 96 valence electrons. The molecule has 0 spiro atoms. The fraction of sp³-hybridized carbons (Fsp3) is 0.500. The zero-order valence-electron chi connectivity index (χ0n) is 10.3. The Labute approximate surface area is 103 Å². The van der Waals surface area contributed by atoms with Gasteiger partial charge < -0.3 is 5.11 Å². The normalized spacial score (nSPS) is 12.0. The molecule has 0 bridgehead atoms. The maximum absolute atomic E-state index is 12.1. The summed E-state index contributed by atoms with van der Waals surface area (Å²) in [4.78, 5) is 0.301. The van der Waals surface area contributed by atoms with Crippen LogP contribution >= 0.6 is 0 Å². The molecule has 0 heterocycles. The molecule has 17 heavy (non-hydrogen) atoms.